The van der Waals surface area contributed by atoms with Gasteiger partial charge in [0.25, 0.3) is 6.43 Å². The fourth-order valence-corrected chi connectivity index (χ4v) is 1.04. The Morgan fingerprint density at radius 1 is 1.62 bits per heavy atom. The van der Waals surface area contributed by atoms with Crippen LogP contribution in [-0.4, -0.2) is 18.1 Å². The summed E-state index contributed by atoms with van der Waals surface area (Å²) in [5.41, 5.74) is -2.66. The zero-order chi connectivity index (χ0) is 12.3. The Morgan fingerprint density at radius 3 is 2.69 bits per heavy atom. The van der Waals surface area contributed by atoms with Gasteiger partial charge < -0.3 is 4.74 Å². The number of aromatic nitrogens is 1. The van der Waals surface area contributed by atoms with Crippen molar-refractivity contribution in [2.75, 3.05) is 7.11 Å². The number of esters is 1. The van der Waals surface area contributed by atoms with E-state index in [2.05, 4.69) is 9.72 Å². The van der Waals surface area contributed by atoms with Crippen molar-refractivity contribution in [2.24, 2.45) is 0 Å². The van der Waals surface area contributed by atoms with Crippen molar-refractivity contribution in [3.63, 3.8) is 0 Å². The number of ether oxygens (including phenoxy) is 1. The van der Waals surface area contributed by atoms with Crippen LogP contribution in [0.25, 0.3) is 0 Å². The molecule has 0 atom stereocenters. The zero-order valence-corrected chi connectivity index (χ0v) is 8.00. The van der Waals surface area contributed by atoms with Crippen molar-refractivity contribution in [3.05, 3.63) is 28.8 Å². The number of pyridine rings is 1. The number of methoxy groups -OCH3 is 1. The molecule has 0 spiro atoms. The number of hydrogen-bond acceptors (Lipinski definition) is 4. The second-order valence-corrected chi connectivity index (χ2v) is 2.65. The van der Waals surface area contributed by atoms with E-state index in [1.807, 2.05) is 0 Å². The molecule has 0 aromatic carbocycles. The van der Waals surface area contributed by atoms with Gasteiger partial charge in [-0.2, -0.15) is 5.26 Å². The molecule has 0 N–H and O–H groups in total. The smallest absolute Gasteiger partial charge is 0.342 e. The lowest BCUT2D eigenvalue weighted by Gasteiger charge is -2.06. The van der Waals surface area contributed by atoms with Gasteiger partial charge in [-0.05, 0) is 0 Å². The third kappa shape index (κ3) is 1.95. The van der Waals surface area contributed by atoms with Crippen LogP contribution in [-0.2, 0) is 4.74 Å². The number of rotatable bonds is 2. The lowest BCUT2D eigenvalue weighted by Crippen LogP contribution is -2.10. The van der Waals surface area contributed by atoms with E-state index in [0.717, 1.165) is 7.11 Å². The van der Waals surface area contributed by atoms with E-state index in [1.54, 1.807) is 0 Å². The molecule has 1 rings (SSSR count). The number of nitrogens with zero attached hydrogens (tertiary/aromatic N) is 2. The number of carbonyl (C=O) groups excluding carboxylic acids is 1. The monoisotopic (exact) mass is 230 g/mol. The molecule has 0 aliphatic rings. The first kappa shape index (κ1) is 12.0. The Morgan fingerprint density at radius 2 is 2.25 bits per heavy atom. The maximum absolute atomic E-state index is 13.4. The molecule has 1 heterocycles. The molecule has 0 saturated carbocycles. The second-order valence-electron chi connectivity index (χ2n) is 2.65. The maximum Gasteiger partial charge on any atom is 0.342 e. The van der Waals surface area contributed by atoms with Gasteiger partial charge in [0.15, 0.2) is 11.5 Å². The van der Waals surface area contributed by atoms with E-state index >= 15 is 0 Å². The number of hydrogen-bond donors (Lipinski definition) is 0. The molecule has 84 valence electrons. The second kappa shape index (κ2) is 4.61. The summed E-state index contributed by atoms with van der Waals surface area (Å²) in [6.45, 7) is 0. The highest BCUT2D eigenvalue weighted by Crippen LogP contribution is 2.26. The molecule has 16 heavy (non-hydrogen) atoms. The van der Waals surface area contributed by atoms with Crippen molar-refractivity contribution in [1.82, 2.24) is 4.98 Å². The van der Waals surface area contributed by atoms with Gasteiger partial charge in [0.1, 0.15) is 11.6 Å². The van der Waals surface area contributed by atoms with Crippen LogP contribution in [0.3, 0.4) is 0 Å². The summed E-state index contributed by atoms with van der Waals surface area (Å²) >= 11 is 0. The average molecular weight is 230 g/mol. The van der Waals surface area contributed by atoms with Crippen LogP contribution in [0.4, 0.5) is 13.2 Å². The van der Waals surface area contributed by atoms with E-state index in [4.69, 9.17) is 5.26 Å². The number of halogens is 3. The topological polar surface area (TPSA) is 63.0 Å². The van der Waals surface area contributed by atoms with Gasteiger partial charge in [-0.1, -0.05) is 0 Å². The average Bonchev–Trinajstić information content (AvgIpc) is 2.26. The molecule has 1 aromatic rings. The predicted molar refractivity (Wildman–Crippen MR) is 45.2 cm³/mol. The van der Waals surface area contributed by atoms with Gasteiger partial charge in [0.05, 0.1) is 12.7 Å². The molecule has 7 heteroatoms. The molecular formula is C9H5F3N2O2. The summed E-state index contributed by atoms with van der Waals surface area (Å²) < 4.78 is 42.5. The van der Waals surface area contributed by atoms with Crippen LogP contribution >= 0.6 is 0 Å². The lowest BCUT2D eigenvalue weighted by atomic mass is 10.1. The van der Waals surface area contributed by atoms with Crippen LogP contribution in [0.5, 0.6) is 0 Å². The quantitative estimate of drug-likeness (QED) is 0.727. The molecule has 0 aliphatic carbocycles. The largest absolute Gasteiger partial charge is 0.465 e. The van der Waals surface area contributed by atoms with Gasteiger partial charge in [0, 0.05) is 6.20 Å². The first-order valence-electron chi connectivity index (χ1n) is 3.97. The fourth-order valence-electron chi connectivity index (χ4n) is 1.04. The number of alkyl halides is 2. The minimum atomic E-state index is -3.23. The maximum atomic E-state index is 13.4. The molecule has 0 unspecified atom stereocenters. The molecular weight excluding hydrogens is 225 g/mol. The highest BCUT2D eigenvalue weighted by molar-refractivity contribution is 5.89. The first-order valence-corrected chi connectivity index (χ1v) is 3.97. The van der Waals surface area contributed by atoms with Crippen LogP contribution in [0.1, 0.15) is 28.0 Å². The van der Waals surface area contributed by atoms with Gasteiger partial charge in [-0.25, -0.2) is 22.9 Å². The third-order valence-electron chi connectivity index (χ3n) is 1.78. The van der Waals surface area contributed by atoms with Gasteiger partial charge >= 0.3 is 5.97 Å². The van der Waals surface area contributed by atoms with Gasteiger partial charge in [-0.3, -0.25) is 0 Å². The minimum absolute atomic E-state index is 0.686. The van der Waals surface area contributed by atoms with E-state index in [-0.39, 0.29) is 0 Å². The normalized spacial score (nSPS) is 10.0. The summed E-state index contributed by atoms with van der Waals surface area (Å²) in [6.07, 6.45) is -2.54. The van der Waals surface area contributed by atoms with Crippen molar-refractivity contribution in [3.8, 4) is 6.07 Å². The molecule has 4 nitrogen and oxygen atoms in total. The molecule has 0 amide bonds. The Labute approximate surface area is 88.3 Å². The molecule has 0 aliphatic heterocycles. The Hall–Kier alpha value is -2.10. The summed E-state index contributed by atoms with van der Waals surface area (Å²) in [4.78, 5) is 14.2. The first-order chi connectivity index (χ1) is 7.52. The predicted octanol–water partition coefficient (Wildman–Crippen LogP) is 1.82. The van der Waals surface area contributed by atoms with Crippen LogP contribution in [0.2, 0.25) is 0 Å². The van der Waals surface area contributed by atoms with Crippen LogP contribution in [0, 0.1) is 17.1 Å². The van der Waals surface area contributed by atoms with E-state index in [1.165, 1.54) is 6.07 Å². The summed E-state index contributed by atoms with van der Waals surface area (Å²) in [6, 6.07) is 1.32. The van der Waals surface area contributed by atoms with Gasteiger partial charge in [-0.15, -0.1) is 0 Å². The SMILES string of the molecule is COC(=O)c1cnc(C#N)c(C(F)F)c1F. The van der Waals surface area contributed by atoms with E-state index in [0.29, 0.717) is 6.20 Å². The molecule has 0 fully saturated rings. The number of nitriles is 1. The summed E-state index contributed by atoms with van der Waals surface area (Å²) in [7, 11) is 0.974. The Balaban J connectivity index is 3.45. The van der Waals surface area contributed by atoms with E-state index in [9.17, 15) is 18.0 Å². The van der Waals surface area contributed by atoms with Crippen LogP contribution in [0.15, 0.2) is 6.20 Å². The van der Waals surface area contributed by atoms with E-state index < -0.39 is 35.0 Å². The van der Waals surface area contributed by atoms with Gasteiger partial charge in [0.2, 0.25) is 0 Å². The molecule has 0 bridgehead atoms. The van der Waals surface area contributed by atoms with Crippen molar-refractivity contribution in [1.29, 1.82) is 5.26 Å². The lowest BCUT2D eigenvalue weighted by molar-refractivity contribution is 0.0593. The van der Waals surface area contributed by atoms with Crippen molar-refractivity contribution < 1.29 is 22.7 Å². The zero-order valence-electron chi connectivity index (χ0n) is 8.00. The number of carbonyl (C=O) groups is 1. The standard InChI is InChI=1S/C9H5F3N2O2/c1-16-9(15)4-3-14-5(2-13)6(7(4)10)8(11)12/h3,8H,1H3. The van der Waals surface area contributed by atoms with Crippen molar-refractivity contribution >= 4 is 5.97 Å². The van der Waals surface area contributed by atoms with Crippen LogP contribution < -0.4 is 0 Å². The molecule has 1 aromatic heterocycles. The minimum Gasteiger partial charge on any atom is -0.465 e. The summed E-state index contributed by atoms with van der Waals surface area (Å²) in [5, 5.41) is 8.45. The Bertz CT molecular complexity index is 469. The third-order valence-corrected chi connectivity index (χ3v) is 1.78. The molecule has 0 saturated heterocycles. The highest BCUT2D eigenvalue weighted by atomic mass is 19.3. The highest BCUT2D eigenvalue weighted by Gasteiger charge is 2.25. The molecule has 0 radical (unpaired) electrons. The summed E-state index contributed by atoms with van der Waals surface area (Å²) in [5.74, 6) is -2.61. The Kier molecular flexibility index (Phi) is 3.45. The fraction of sp³-hybridized carbons (Fsp3) is 0.222. The van der Waals surface area contributed by atoms with Crippen molar-refractivity contribution in [2.45, 2.75) is 6.43 Å².